The molecule has 3 rings (SSSR count). The van der Waals surface area contributed by atoms with Gasteiger partial charge in [-0.1, -0.05) is 20.8 Å². The number of thiophene rings is 1. The normalized spacial score (nSPS) is 19.3. The highest BCUT2D eigenvalue weighted by Gasteiger charge is 2.31. The van der Waals surface area contributed by atoms with Crippen molar-refractivity contribution in [2.24, 2.45) is 11.3 Å². The third-order valence-corrected chi connectivity index (χ3v) is 5.72. The molecule has 0 bridgehead atoms. The molecule has 2 heterocycles. The highest BCUT2D eigenvalue weighted by molar-refractivity contribution is 7.18. The van der Waals surface area contributed by atoms with Crippen LogP contribution >= 0.6 is 22.9 Å². The average Bonchev–Trinajstić information content (AvgIpc) is 2.74. The summed E-state index contributed by atoms with van der Waals surface area (Å²) in [4.78, 5) is 21.7. The molecular weight excluding hydrogens is 292 g/mol. The fourth-order valence-corrected chi connectivity index (χ4v) is 4.48. The van der Waals surface area contributed by atoms with Gasteiger partial charge in [0.1, 0.15) is 10.7 Å². The summed E-state index contributed by atoms with van der Waals surface area (Å²) in [6.45, 7) is 6.89. The van der Waals surface area contributed by atoms with Crippen LogP contribution in [0.25, 0.3) is 10.2 Å². The van der Waals surface area contributed by atoms with E-state index in [4.69, 9.17) is 11.6 Å². The Bertz CT molecular complexity index is 711. The Labute approximate surface area is 127 Å². The number of aromatic nitrogens is 2. The number of H-pyrrole nitrogens is 1. The number of nitrogens with zero attached hydrogens (tertiary/aromatic N) is 1. The van der Waals surface area contributed by atoms with Crippen LogP contribution in [0, 0.1) is 11.3 Å². The lowest BCUT2D eigenvalue weighted by Crippen LogP contribution is -2.26. The number of alkyl halides is 1. The van der Waals surface area contributed by atoms with Crippen LogP contribution in [0.5, 0.6) is 0 Å². The van der Waals surface area contributed by atoms with E-state index in [0.29, 0.717) is 17.2 Å². The summed E-state index contributed by atoms with van der Waals surface area (Å²) in [5, 5.41) is 0.797. The van der Waals surface area contributed by atoms with Crippen LogP contribution in [-0.2, 0) is 18.7 Å². The first-order valence-corrected chi connectivity index (χ1v) is 8.34. The van der Waals surface area contributed by atoms with Gasteiger partial charge in [0.2, 0.25) is 0 Å². The van der Waals surface area contributed by atoms with Gasteiger partial charge in [0.15, 0.2) is 0 Å². The van der Waals surface area contributed by atoms with Gasteiger partial charge in [0.25, 0.3) is 5.56 Å². The monoisotopic (exact) mass is 310 g/mol. The maximum atomic E-state index is 12.2. The van der Waals surface area contributed by atoms with E-state index in [-0.39, 0.29) is 11.4 Å². The zero-order valence-corrected chi connectivity index (χ0v) is 13.6. The molecule has 3 nitrogen and oxygen atoms in total. The topological polar surface area (TPSA) is 45.8 Å². The molecule has 0 aromatic carbocycles. The second-order valence-corrected chi connectivity index (χ2v) is 7.99. The van der Waals surface area contributed by atoms with Crippen molar-refractivity contribution in [2.75, 3.05) is 0 Å². The summed E-state index contributed by atoms with van der Waals surface area (Å²) in [7, 11) is 0. The van der Waals surface area contributed by atoms with Crippen LogP contribution in [0.3, 0.4) is 0 Å². The van der Waals surface area contributed by atoms with Gasteiger partial charge < -0.3 is 4.98 Å². The fourth-order valence-electron chi connectivity index (χ4n) is 3.03. The second kappa shape index (κ2) is 4.85. The van der Waals surface area contributed by atoms with Gasteiger partial charge in [-0.15, -0.1) is 22.9 Å². The van der Waals surface area contributed by atoms with Crippen molar-refractivity contribution in [3.8, 4) is 0 Å². The zero-order chi connectivity index (χ0) is 14.5. The van der Waals surface area contributed by atoms with E-state index in [1.165, 1.54) is 10.4 Å². The van der Waals surface area contributed by atoms with E-state index >= 15 is 0 Å². The Kier molecular flexibility index (Phi) is 3.41. The average molecular weight is 311 g/mol. The summed E-state index contributed by atoms with van der Waals surface area (Å²) in [6, 6.07) is 0. The third kappa shape index (κ3) is 2.29. The molecule has 108 valence electrons. The van der Waals surface area contributed by atoms with Crippen LogP contribution in [0.15, 0.2) is 4.79 Å². The Morgan fingerprint density at radius 2 is 2.20 bits per heavy atom. The number of hydrogen-bond acceptors (Lipinski definition) is 3. The minimum atomic E-state index is -0.0302. The van der Waals surface area contributed by atoms with Gasteiger partial charge in [-0.3, -0.25) is 4.79 Å². The van der Waals surface area contributed by atoms with Gasteiger partial charge in [0.05, 0.1) is 11.3 Å². The molecule has 1 aliphatic carbocycles. The Morgan fingerprint density at radius 3 is 2.85 bits per heavy atom. The zero-order valence-electron chi connectivity index (χ0n) is 12.0. The van der Waals surface area contributed by atoms with Gasteiger partial charge in [0, 0.05) is 4.88 Å². The lowest BCUT2D eigenvalue weighted by atomic mass is 9.72. The number of aryl methyl sites for hydroxylation is 1. The molecule has 1 aliphatic rings. The van der Waals surface area contributed by atoms with Crippen molar-refractivity contribution in [2.45, 2.75) is 45.9 Å². The first-order valence-electron chi connectivity index (χ1n) is 6.99. The number of aromatic amines is 1. The van der Waals surface area contributed by atoms with E-state index in [2.05, 4.69) is 30.7 Å². The molecule has 0 radical (unpaired) electrons. The van der Waals surface area contributed by atoms with Crippen LogP contribution in [0.4, 0.5) is 0 Å². The highest BCUT2D eigenvalue weighted by Crippen LogP contribution is 2.41. The minimum absolute atomic E-state index is 0.0302. The minimum Gasteiger partial charge on any atom is -0.309 e. The first-order chi connectivity index (χ1) is 9.40. The van der Waals surface area contributed by atoms with Crippen molar-refractivity contribution in [3.63, 3.8) is 0 Å². The molecule has 0 fully saturated rings. The highest BCUT2D eigenvalue weighted by atomic mass is 35.5. The predicted molar refractivity (Wildman–Crippen MR) is 84.8 cm³/mol. The third-order valence-electron chi connectivity index (χ3n) is 4.32. The number of fused-ring (bicyclic) bond motifs is 3. The van der Waals surface area contributed by atoms with E-state index in [1.54, 1.807) is 11.3 Å². The molecule has 0 spiro atoms. The van der Waals surface area contributed by atoms with Gasteiger partial charge in [-0.2, -0.15) is 0 Å². The Morgan fingerprint density at radius 1 is 1.45 bits per heavy atom. The summed E-state index contributed by atoms with van der Waals surface area (Å²) < 4.78 is 0. The largest absolute Gasteiger partial charge is 0.309 e. The lowest BCUT2D eigenvalue weighted by molar-refractivity contribution is 0.218. The SMILES string of the molecule is CC(C)(C)C1CCc2c(sc3nc(CCl)[nH]c(=O)c23)C1. The maximum Gasteiger partial charge on any atom is 0.259 e. The molecule has 5 heteroatoms. The smallest absolute Gasteiger partial charge is 0.259 e. The Hall–Kier alpha value is -0.870. The number of halogens is 1. The molecule has 1 unspecified atom stereocenters. The number of nitrogens with one attached hydrogen (secondary N) is 1. The molecular formula is C15H19ClN2OS. The van der Waals surface area contributed by atoms with Gasteiger partial charge in [-0.25, -0.2) is 4.98 Å². The van der Waals surface area contributed by atoms with Crippen molar-refractivity contribution < 1.29 is 0 Å². The quantitative estimate of drug-likeness (QED) is 0.813. The lowest BCUT2D eigenvalue weighted by Gasteiger charge is -2.33. The van der Waals surface area contributed by atoms with Crippen LogP contribution < -0.4 is 5.56 Å². The number of hydrogen-bond donors (Lipinski definition) is 1. The van der Waals surface area contributed by atoms with Crippen molar-refractivity contribution in [1.82, 2.24) is 9.97 Å². The molecule has 20 heavy (non-hydrogen) atoms. The molecule has 1 N–H and O–H groups in total. The van der Waals surface area contributed by atoms with E-state index in [1.807, 2.05) is 0 Å². The summed E-state index contributed by atoms with van der Waals surface area (Å²) in [5.74, 6) is 1.49. The van der Waals surface area contributed by atoms with Gasteiger partial charge >= 0.3 is 0 Å². The molecule has 2 aromatic rings. The Balaban J connectivity index is 2.11. The maximum absolute atomic E-state index is 12.2. The van der Waals surface area contributed by atoms with Crippen LogP contribution in [-0.4, -0.2) is 9.97 Å². The molecule has 0 amide bonds. The van der Waals surface area contributed by atoms with E-state index in [9.17, 15) is 4.79 Å². The second-order valence-electron chi connectivity index (χ2n) is 6.64. The molecule has 2 aromatic heterocycles. The standard InChI is InChI=1S/C15H19ClN2OS/c1-15(2,3)8-4-5-9-10(6-8)20-14-12(9)13(19)17-11(7-16)18-14/h8H,4-7H2,1-3H3,(H,17,18,19). The predicted octanol–water partition coefficient (Wildman–Crippen LogP) is 3.87. The van der Waals surface area contributed by atoms with Crippen molar-refractivity contribution in [1.29, 1.82) is 0 Å². The van der Waals surface area contributed by atoms with Crippen molar-refractivity contribution >= 4 is 33.2 Å². The number of rotatable bonds is 1. The van der Waals surface area contributed by atoms with E-state index < -0.39 is 0 Å². The molecule has 1 atom stereocenters. The molecule has 0 saturated carbocycles. The van der Waals surface area contributed by atoms with Crippen LogP contribution in [0.1, 0.15) is 43.5 Å². The van der Waals surface area contributed by atoms with E-state index in [0.717, 1.165) is 29.5 Å². The fraction of sp³-hybridized carbons (Fsp3) is 0.600. The summed E-state index contributed by atoms with van der Waals surface area (Å²) >= 11 is 7.45. The van der Waals surface area contributed by atoms with Crippen molar-refractivity contribution in [3.05, 3.63) is 26.6 Å². The molecule has 0 aliphatic heterocycles. The van der Waals surface area contributed by atoms with Crippen LogP contribution in [0.2, 0.25) is 0 Å². The summed E-state index contributed by atoms with van der Waals surface area (Å²) in [5.41, 5.74) is 1.51. The van der Waals surface area contributed by atoms with Gasteiger partial charge in [-0.05, 0) is 36.2 Å². The first kappa shape index (κ1) is 14.1. The molecule has 0 saturated heterocycles. The summed E-state index contributed by atoms with van der Waals surface area (Å²) in [6.07, 6.45) is 3.21.